The maximum Gasteiger partial charge on any atom is 0.276 e. The number of primary amides is 1. The van der Waals surface area contributed by atoms with E-state index >= 15 is 0 Å². The van der Waals surface area contributed by atoms with Crippen molar-refractivity contribution in [3.05, 3.63) is 35.2 Å². The van der Waals surface area contributed by atoms with Gasteiger partial charge in [-0.2, -0.15) is 5.10 Å². The molecule has 0 fully saturated rings. The van der Waals surface area contributed by atoms with Crippen LogP contribution in [0.4, 0.5) is 5.95 Å². The van der Waals surface area contributed by atoms with Crippen LogP contribution in [0.15, 0.2) is 18.2 Å². The number of imidazole rings is 1. The summed E-state index contributed by atoms with van der Waals surface area (Å²) in [6, 6.07) is 4.95. The summed E-state index contributed by atoms with van der Waals surface area (Å²) in [4.78, 5) is 29.4. The highest BCUT2D eigenvalue weighted by Gasteiger charge is 2.21. The summed E-state index contributed by atoms with van der Waals surface area (Å²) in [6.07, 6.45) is 1.47. The number of carbonyl (C=O) groups excluding carboxylic acids is 2. The molecule has 0 saturated carbocycles. The molecule has 0 atom stereocenters. The van der Waals surface area contributed by atoms with Crippen molar-refractivity contribution in [1.29, 1.82) is 0 Å². The molecule has 31 heavy (non-hydrogen) atoms. The number of aryl methyl sites for hydroxylation is 3. The van der Waals surface area contributed by atoms with E-state index in [1.54, 1.807) is 22.9 Å². The van der Waals surface area contributed by atoms with Crippen molar-refractivity contribution < 1.29 is 14.3 Å². The first kappa shape index (κ1) is 22.3. The normalized spacial score (nSPS) is 11.1. The van der Waals surface area contributed by atoms with Gasteiger partial charge in [-0.05, 0) is 51.4 Å². The van der Waals surface area contributed by atoms with Crippen molar-refractivity contribution in [3.8, 4) is 5.75 Å². The SMILES string of the molecule is CCCn1c(NC(=O)c2cc(C)nn2CC)nc2cc(C(N)=O)cc(OCCCN)c21. The lowest BCUT2D eigenvalue weighted by molar-refractivity contribution is 0.0995. The molecule has 0 radical (unpaired) electrons. The van der Waals surface area contributed by atoms with E-state index in [-0.39, 0.29) is 11.5 Å². The Bertz CT molecular complexity index is 1100. The fraction of sp³-hybridized carbons (Fsp3) is 0.429. The highest BCUT2D eigenvalue weighted by Crippen LogP contribution is 2.31. The molecule has 0 aliphatic heterocycles. The first-order valence-electron chi connectivity index (χ1n) is 10.4. The highest BCUT2D eigenvalue weighted by molar-refractivity contribution is 6.04. The number of nitrogens with one attached hydrogen (secondary N) is 1. The maximum absolute atomic E-state index is 13.0. The molecule has 2 amide bonds. The number of ether oxygens (including phenoxy) is 1. The predicted molar refractivity (Wildman–Crippen MR) is 118 cm³/mol. The van der Waals surface area contributed by atoms with E-state index in [4.69, 9.17) is 16.2 Å². The van der Waals surface area contributed by atoms with Gasteiger partial charge in [0.15, 0.2) is 0 Å². The monoisotopic (exact) mass is 427 g/mol. The first-order chi connectivity index (χ1) is 14.9. The zero-order valence-corrected chi connectivity index (χ0v) is 18.1. The van der Waals surface area contributed by atoms with E-state index in [9.17, 15) is 9.59 Å². The van der Waals surface area contributed by atoms with E-state index in [0.29, 0.717) is 61.1 Å². The Kier molecular flexibility index (Phi) is 6.91. The van der Waals surface area contributed by atoms with Crippen LogP contribution in [-0.4, -0.2) is 44.3 Å². The molecule has 0 saturated heterocycles. The van der Waals surface area contributed by atoms with Crippen molar-refractivity contribution in [3.63, 3.8) is 0 Å². The van der Waals surface area contributed by atoms with Crippen LogP contribution < -0.4 is 21.5 Å². The van der Waals surface area contributed by atoms with Crippen LogP contribution in [0.2, 0.25) is 0 Å². The zero-order valence-electron chi connectivity index (χ0n) is 18.1. The number of amides is 2. The van der Waals surface area contributed by atoms with Crippen molar-refractivity contribution in [1.82, 2.24) is 19.3 Å². The largest absolute Gasteiger partial charge is 0.491 e. The van der Waals surface area contributed by atoms with E-state index in [1.807, 2.05) is 25.3 Å². The molecule has 0 aliphatic carbocycles. The molecule has 10 heteroatoms. The topological polar surface area (TPSA) is 143 Å². The maximum atomic E-state index is 13.0. The first-order valence-corrected chi connectivity index (χ1v) is 10.4. The van der Waals surface area contributed by atoms with Crippen molar-refractivity contribution in [2.75, 3.05) is 18.5 Å². The summed E-state index contributed by atoms with van der Waals surface area (Å²) in [5, 5.41) is 7.22. The molecule has 0 spiro atoms. The lowest BCUT2D eigenvalue weighted by atomic mass is 10.1. The Morgan fingerprint density at radius 2 is 2.00 bits per heavy atom. The van der Waals surface area contributed by atoms with Gasteiger partial charge in [-0.3, -0.25) is 19.6 Å². The number of anilines is 1. The van der Waals surface area contributed by atoms with Crippen LogP contribution >= 0.6 is 0 Å². The summed E-state index contributed by atoms with van der Waals surface area (Å²) < 4.78 is 9.43. The zero-order chi connectivity index (χ0) is 22.5. The Morgan fingerprint density at radius 3 is 2.65 bits per heavy atom. The lowest BCUT2D eigenvalue weighted by Crippen LogP contribution is -2.20. The predicted octanol–water partition coefficient (Wildman–Crippen LogP) is 2.05. The van der Waals surface area contributed by atoms with Gasteiger partial charge in [0.2, 0.25) is 11.9 Å². The highest BCUT2D eigenvalue weighted by atomic mass is 16.5. The van der Waals surface area contributed by atoms with Crippen LogP contribution in [-0.2, 0) is 13.1 Å². The smallest absolute Gasteiger partial charge is 0.276 e. The second-order valence-electron chi connectivity index (χ2n) is 7.22. The Morgan fingerprint density at radius 1 is 1.23 bits per heavy atom. The number of fused-ring (bicyclic) bond motifs is 1. The molecule has 3 aromatic rings. The molecule has 0 bridgehead atoms. The fourth-order valence-corrected chi connectivity index (χ4v) is 3.42. The minimum Gasteiger partial charge on any atom is -0.491 e. The van der Waals surface area contributed by atoms with Crippen LogP contribution in [0.3, 0.4) is 0 Å². The van der Waals surface area contributed by atoms with E-state index < -0.39 is 5.91 Å². The third-order valence-electron chi connectivity index (χ3n) is 4.80. The van der Waals surface area contributed by atoms with E-state index in [2.05, 4.69) is 15.4 Å². The molecule has 166 valence electrons. The second kappa shape index (κ2) is 9.61. The number of nitrogens with zero attached hydrogens (tertiary/aromatic N) is 4. The van der Waals surface area contributed by atoms with Crippen LogP contribution in [0.1, 0.15) is 53.2 Å². The molecule has 2 aromatic heterocycles. The number of hydrogen-bond acceptors (Lipinski definition) is 6. The van der Waals surface area contributed by atoms with Gasteiger partial charge < -0.3 is 20.8 Å². The Labute approximate surface area is 180 Å². The number of hydrogen-bond donors (Lipinski definition) is 3. The minimum absolute atomic E-state index is 0.286. The van der Waals surface area contributed by atoms with Gasteiger partial charge in [0.05, 0.1) is 17.8 Å². The van der Waals surface area contributed by atoms with Gasteiger partial charge in [-0.25, -0.2) is 4.98 Å². The van der Waals surface area contributed by atoms with Gasteiger partial charge in [0, 0.05) is 18.7 Å². The van der Waals surface area contributed by atoms with Crippen LogP contribution in [0.5, 0.6) is 5.75 Å². The molecule has 0 unspecified atom stereocenters. The number of aromatic nitrogens is 4. The van der Waals surface area contributed by atoms with Crippen LogP contribution in [0, 0.1) is 6.92 Å². The van der Waals surface area contributed by atoms with Crippen molar-refractivity contribution in [2.45, 2.75) is 46.7 Å². The number of carbonyl (C=O) groups is 2. The minimum atomic E-state index is -0.580. The van der Waals surface area contributed by atoms with E-state index in [0.717, 1.165) is 12.1 Å². The number of benzene rings is 1. The summed E-state index contributed by atoms with van der Waals surface area (Å²) in [5.74, 6) is -0.0383. The molecule has 3 rings (SSSR count). The molecule has 1 aromatic carbocycles. The number of nitrogens with two attached hydrogens (primary N) is 2. The van der Waals surface area contributed by atoms with Gasteiger partial charge in [-0.15, -0.1) is 0 Å². The van der Waals surface area contributed by atoms with Gasteiger partial charge in [0.1, 0.15) is 17.0 Å². The average Bonchev–Trinajstić information content (AvgIpc) is 3.28. The van der Waals surface area contributed by atoms with Gasteiger partial charge in [0.25, 0.3) is 5.91 Å². The fourth-order valence-electron chi connectivity index (χ4n) is 3.42. The second-order valence-corrected chi connectivity index (χ2v) is 7.22. The molecular formula is C21H29N7O3. The van der Waals surface area contributed by atoms with E-state index in [1.165, 1.54) is 0 Å². The van der Waals surface area contributed by atoms with Gasteiger partial charge >= 0.3 is 0 Å². The quantitative estimate of drug-likeness (QED) is 0.423. The summed E-state index contributed by atoms with van der Waals surface area (Å²) >= 11 is 0. The summed E-state index contributed by atoms with van der Waals surface area (Å²) in [5.41, 5.74) is 13.8. The molecule has 0 aliphatic rings. The van der Waals surface area contributed by atoms with Crippen LogP contribution in [0.25, 0.3) is 11.0 Å². The summed E-state index contributed by atoms with van der Waals surface area (Å²) in [7, 11) is 0. The van der Waals surface area contributed by atoms with Crippen molar-refractivity contribution >= 4 is 28.8 Å². The molecule has 10 nitrogen and oxygen atoms in total. The third-order valence-corrected chi connectivity index (χ3v) is 4.80. The average molecular weight is 428 g/mol. The lowest BCUT2D eigenvalue weighted by Gasteiger charge is -2.13. The summed E-state index contributed by atoms with van der Waals surface area (Å²) in [6.45, 7) is 7.84. The molecular weight excluding hydrogens is 398 g/mol. The van der Waals surface area contributed by atoms with Gasteiger partial charge in [-0.1, -0.05) is 6.92 Å². The Hall–Kier alpha value is -3.40. The third kappa shape index (κ3) is 4.69. The Balaban J connectivity index is 2.08. The number of rotatable bonds is 10. The molecule has 2 heterocycles. The standard InChI is InChI=1S/C21H29N7O3/c1-4-8-27-18-15(11-14(19(23)29)12-17(18)31-9-6-7-22)24-21(27)25-20(30)16-10-13(3)26-28(16)5-2/h10-12H,4-9,22H2,1-3H3,(H2,23,29)(H,24,25,30). The van der Waals surface area contributed by atoms with Crippen molar-refractivity contribution in [2.24, 2.45) is 11.5 Å². The molecule has 5 N–H and O–H groups in total.